The van der Waals surface area contributed by atoms with Crippen LogP contribution in [-0.2, 0) is 0 Å². The number of fused-ring (bicyclic) bond motifs is 1. The van der Waals surface area contributed by atoms with E-state index in [1.54, 1.807) is 6.07 Å². The van der Waals surface area contributed by atoms with Crippen molar-refractivity contribution in [3.63, 3.8) is 0 Å². The van der Waals surface area contributed by atoms with Crippen molar-refractivity contribution in [3.8, 4) is 0 Å². The second kappa shape index (κ2) is 2.94. The highest BCUT2D eigenvalue weighted by atomic mass is 79.9. The number of aromatic nitrogens is 1. The van der Waals surface area contributed by atoms with Gasteiger partial charge in [-0.1, -0.05) is 27.5 Å². The Morgan fingerprint density at radius 2 is 2.25 bits per heavy atom. The standard InChI is InChI=1S/C7H2BrClFNS/c8-3-1-4(10)6-5(2-3)12-11-7(6)9/h1-2H. The molecule has 0 radical (unpaired) electrons. The maximum atomic E-state index is 13.2. The Balaban J connectivity index is 2.93. The van der Waals surface area contributed by atoms with Crippen molar-refractivity contribution < 1.29 is 4.39 Å². The van der Waals surface area contributed by atoms with Gasteiger partial charge in [0.1, 0.15) is 5.82 Å². The van der Waals surface area contributed by atoms with Crippen molar-refractivity contribution in [2.75, 3.05) is 0 Å². The normalized spacial score (nSPS) is 10.9. The molecule has 12 heavy (non-hydrogen) atoms. The molecule has 0 saturated heterocycles. The lowest BCUT2D eigenvalue weighted by Gasteiger charge is -1.93. The highest BCUT2D eigenvalue weighted by Crippen LogP contribution is 2.31. The van der Waals surface area contributed by atoms with Gasteiger partial charge in [0, 0.05) is 4.47 Å². The monoisotopic (exact) mass is 265 g/mol. The summed E-state index contributed by atoms with van der Waals surface area (Å²) >= 11 is 10.1. The van der Waals surface area contributed by atoms with Crippen LogP contribution in [0.2, 0.25) is 5.15 Å². The van der Waals surface area contributed by atoms with E-state index >= 15 is 0 Å². The first-order chi connectivity index (χ1) is 5.68. The molecular weight excluding hydrogens is 265 g/mol. The first-order valence-electron chi connectivity index (χ1n) is 3.08. The lowest BCUT2D eigenvalue weighted by Crippen LogP contribution is -1.75. The van der Waals surface area contributed by atoms with Gasteiger partial charge in [0.25, 0.3) is 0 Å². The third kappa shape index (κ3) is 1.24. The van der Waals surface area contributed by atoms with Crippen LogP contribution >= 0.6 is 39.1 Å². The van der Waals surface area contributed by atoms with Crippen molar-refractivity contribution in [2.24, 2.45) is 0 Å². The molecule has 1 heterocycles. The molecule has 1 nitrogen and oxygen atoms in total. The maximum Gasteiger partial charge on any atom is 0.153 e. The molecule has 0 bridgehead atoms. The molecular formula is C7H2BrClFNS. The Labute approximate surface area is 85.5 Å². The van der Waals surface area contributed by atoms with E-state index in [9.17, 15) is 4.39 Å². The fourth-order valence-corrected chi connectivity index (χ4v) is 2.63. The maximum absolute atomic E-state index is 13.2. The van der Waals surface area contributed by atoms with Gasteiger partial charge in [0.05, 0.1) is 10.1 Å². The van der Waals surface area contributed by atoms with Gasteiger partial charge < -0.3 is 0 Å². The molecule has 0 amide bonds. The van der Waals surface area contributed by atoms with Gasteiger partial charge in [0.2, 0.25) is 0 Å². The number of nitrogens with zero attached hydrogens (tertiary/aromatic N) is 1. The lowest BCUT2D eigenvalue weighted by atomic mass is 10.3. The summed E-state index contributed by atoms with van der Waals surface area (Å²) in [6.07, 6.45) is 0. The predicted molar refractivity (Wildman–Crippen MR) is 52.3 cm³/mol. The molecule has 5 heteroatoms. The zero-order valence-corrected chi connectivity index (χ0v) is 8.80. The van der Waals surface area contributed by atoms with E-state index in [1.807, 2.05) is 0 Å². The summed E-state index contributed by atoms with van der Waals surface area (Å²) in [7, 11) is 0. The highest BCUT2D eigenvalue weighted by Gasteiger charge is 2.09. The van der Waals surface area contributed by atoms with Crippen LogP contribution in [0, 0.1) is 5.82 Å². The Kier molecular flexibility index (Phi) is 2.06. The molecule has 0 aliphatic carbocycles. The molecule has 1 aromatic heterocycles. The minimum Gasteiger partial charge on any atom is -0.206 e. The number of rotatable bonds is 0. The predicted octanol–water partition coefficient (Wildman–Crippen LogP) is 3.85. The Hall–Kier alpha value is -0.190. The molecule has 0 N–H and O–H groups in total. The first kappa shape index (κ1) is 8.41. The van der Waals surface area contributed by atoms with Crippen LogP contribution in [-0.4, -0.2) is 4.37 Å². The molecule has 62 valence electrons. The zero-order valence-electron chi connectivity index (χ0n) is 5.64. The third-order valence-electron chi connectivity index (χ3n) is 1.45. The average molecular weight is 267 g/mol. The van der Waals surface area contributed by atoms with E-state index in [-0.39, 0.29) is 11.0 Å². The highest BCUT2D eigenvalue weighted by molar-refractivity contribution is 9.10. The van der Waals surface area contributed by atoms with Gasteiger partial charge in [-0.25, -0.2) is 4.39 Å². The van der Waals surface area contributed by atoms with Crippen LogP contribution < -0.4 is 0 Å². The summed E-state index contributed by atoms with van der Waals surface area (Å²) in [5, 5.41) is 0.643. The second-order valence-corrected chi connectivity index (χ2v) is 4.31. The van der Waals surface area contributed by atoms with E-state index in [0.717, 1.165) is 4.70 Å². The topological polar surface area (TPSA) is 12.9 Å². The zero-order chi connectivity index (χ0) is 8.72. The van der Waals surface area contributed by atoms with Crippen LogP contribution in [0.3, 0.4) is 0 Å². The van der Waals surface area contributed by atoms with Crippen LogP contribution in [0.25, 0.3) is 10.1 Å². The van der Waals surface area contributed by atoms with Gasteiger partial charge in [-0.15, -0.1) is 0 Å². The van der Waals surface area contributed by atoms with Crippen LogP contribution in [0.15, 0.2) is 16.6 Å². The fraction of sp³-hybridized carbons (Fsp3) is 0. The molecule has 0 unspecified atom stereocenters. The van der Waals surface area contributed by atoms with Crippen molar-refractivity contribution in [1.29, 1.82) is 0 Å². The van der Waals surface area contributed by atoms with Crippen molar-refractivity contribution in [3.05, 3.63) is 27.6 Å². The van der Waals surface area contributed by atoms with Crippen LogP contribution in [0.4, 0.5) is 4.39 Å². The van der Waals surface area contributed by atoms with Crippen molar-refractivity contribution in [2.45, 2.75) is 0 Å². The largest absolute Gasteiger partial charge is 0.206 e. The molecule has 0 aliphatic heterocycles. The summed E-state index contributed by atoms with van der Waals surface area (Å²) < 4.78 is 18.5. The molecule has 1 aromatic carbocycles. The van der Waals surface area contributed by atoms with Gasteiger partial charge in [-0.3, -0.25) is 0 Å². The SMILES string of the molecule is Fc1cc(Br)cc2snc(Cl)c12. The second-order valence-electron chi connectivity index (χ2n) is 2.23. The van der Waals surface area contributed by atoms with Crippen LogP contribution in [0.5, 0.6) is 0 Å². The van der Waals surface area contributed by atoms with Gasteiger partial charge in [-0.05, 0) is 23.7 Å². The van der Waals surface area contributed by atoms with Gasteiger partial charge in [0.15, 0.2) is 5.15 Å². The number of benzene rings is 1. The van der Waals surface area contributed by atoms with Crippen molar-refractivity contribution in [1.82, 2.24) is 4.37 Å². The summed E-state index contributed by atoms with van der Waals surface area (Å²) in [5.74, 6) is -0.335. The van der Waals surface area contributed by atoms with E-state index in [1.165, 1.54) is 17.6 Å². The first-order valence-corrected chi connectivity index (χ1v) is 5.03. The molecule has 0 spiro atoms. The molecule has 0 saturated carbocycles. The number of hydrogen-bond donors (Lipinski definition) is 0. The van der Waals surface area contributed by atoms with E-state index in [4.69, 9.17) is 11.6 Å². The van der Waals surface area contributed by atoms with E-state index < -0.39 is 0 Å². The van der Waals surface area contributed by atoms with Crippen LogP contribution in [0.1, 0.15) is 0 Å². The molecule has 0 fully saturated rings. The minimum absolute atomic E-state index is 0.236. The Morgan fingerprint density at radius 1 is 1.50 bits per heavy atom. The minimum atomic E-state index is -0.335. The van der Waals surface area contributed by atoms with E-state index in [2.05, 4.69) is 20.3 Å². The molecule has 2 rings (SSSR count). The summed E-state index contributed by atoms with van der Waals surface area (Å²) in [4.78, 5) is 0. The third-order valence-corrected chi connectivity index (χ3v) is 3.07. The fourth-order valence-electron chi connectivity index (χ4n) is 0.957. The summed E-state index contributed by atoms with van der Waals surface area (Å²) in [6, 6.07) is 3.17. The van der Waals surface area contributed by atoms with Crippen molar-refractivity contribution >= 4 is 49.1 Å². The smallest absolute Gasteiger partial charge is 0.153 e. The molecule has 2 aromatic rings. The van der Waals surface area contributed by atoms with E-state index in [0.29, 0.717) is 9.86 Å². The molecule has 0 atom stereocenters. The van der Waals surface area contributed by atoms with Gasteiger partial charge in [-0.2, -0.15) is 4.37 Å². The average Bonchev–Trinajstić information content (AvgIpc) is 2.31. The summed E-state index contributed by atoms with van der Waals surface area (Å²) in [6.45, 7) is 0. The van der Waals surface area contributed by atoms with Gasteiger partial charge >= 0.3 is 0 Å². The quantitative estimate of drug-likeness (QED) is 0.706. The number of halogens is 3. The number of hydrogen-bond acceptors (Lipinski definition) is 2. The Bertz CT molecular complexity index is 442. The lowest BCUT2D eigenvalue weighted by molar-refractivity contribution is 0.639. The summed E-state index contributed by atoms with van der Waals surface area (Å²) in [5.41, 5.74) is 0. The Morgan fingerprint density at radius 3 is 3.00 bits per heavy atom. The molecule has 0 aliphatic rings.